The van der Waals surface area contributed by atoms with E-state index in [9.17, 15) is 0 Å². The number of hydrogen-bond acceptors (Lipinski definition) is 3. The van der Waals surface area contributed by atoms with Crippen molar-refractivity contribution in [2.24, 2.45) is 0 Å². The molecule has 0 saturated carbocycles. The van der Waals surface area contributed by atoms with Gasteiger partial charge >= 0.3 is 0 Å². The molecule has 0 amide bonds. The molecule has 0 aliphatic rings. The van der Waals surface area contributed by atoms with E-state index in [0.29, 0.717) is 0 Å². The van der Waals surface area contributed by atoms with Gasteiger partial charge in [0.1, 0.15) is 5.58 Å². The predicted octanol–water partition coefficient (Wildman–Crippen LogP) is 7.85. The molecule has 37 heavy (non-hydrogen) atoms. The molecule has 3 nitrogen and oxygen atoms in total. The van der Waals surface area contributed by atoms with E-state index < -0.39 is 8.07 Å². The molecule has 0 aliphatic heterocycles. The Balaban J connectivity index is 0.000000195. The number of benzene rings is 3. The first-order valence-corrected chi connectivity index (χ1v) is 15.6. The van der Waals surface area contributed by atoms with Crippen molar-refractivity contribution in [1.29, 1.82) is 0 Å². The van der Waals surface area contributed by atoms with Gasteiger partial charge in [-0.3, -0.25) is 0 Å². The van der Waals surface area contributed by atoms with Crippen LogP contribution in [0.2, 0.25) is 19.6 Å². The molecule has 0 aliphatic carbocycles. The predicted molar refractivity (Wildman–Crippen MR) is 152 cm³/mol. The molecule has 187 valence electrons. The Morgan fingerprint density at radius 3 is 2.14 bits per heavy atom. The van der Waals surface area contributed by atoms with Crippen molar-refractivity contribution >= 4 is 35.2 Å². The van der Waals surface area contributed by atoms with Crippen molar-refractivity contribution < 1.29 is 24.5 Å². The molecular formula is C32H28IrN2OSi-2. The molecule has 0 spiro atoms. The molecule has 0 saturated heterocycles. The van der Waals surface area contributed by atoms with Crippen LogP contribution in [0, 0.1) is 19.1 Å². The van der Waals surface area contributed by atoms with Crippen LogP contribution in [0.4, 0.5) is 0 Å². The molecule has 0 unspecified atom stereocenters. The van der Waals surface area contributed by atoms with E-state index in [-0.39, 0.29) is 20.1 Å². The Labute approximate surface area is 233 Å². The normalized spacial score (nSPS) is 11.0. The minimum atomic E-state index is -1.33. The molecule has 6 rings (SSSR count). The zero-order chi connectivity index (χ0) is 25.1. The summed E-state index contributed by atoms with van der Waals surface area (Å²) in [7, 11) is -1.33. The molecule has 0 fully saturated rings. The fourth-order valence-corrected chi connectivity index (χ4v) is 5.08. The summed E-state index contributed by atoms with van der Waals surface area (Å²) < 4.78 is 6.07. The smallest absolute Gasteiger partial charge is 0.120 e. The van der Waals surface area contributed by atoms with Crippen molar-refractivity contribution in [1.82, 2.24) is 9.97 Å². The van der Waals surface area contributed by atoms with Crippen LogP contribution < -0.4 is 5.19 Å². The summed E-state index contributed by atoms with van der Waals surface area (Å²) in [4.78, 5) is 9.00. The fourth-order valence-electron chi connectivity index (χ4n) is 4.05. The molecule has 5 heteroatoms. The molecule has 0 bridgehead atoms. The average Bonchev–Trinajstić information content (AvgIpc) is 3.29. The van der Waals surface area contributed by atoms with Gasteiger partial charge in [-0.25, -0.2) is 0 Å². The summed E-state index contributed by atoms with van der Waals surface area (Å²) >= 11 is 0. The van der Waals surface area contributed by atoms with E-state index in [2.05, 4.69) is 72.1 Å². The second kappa shape index (κ2) is 11.3. The quantitative estimate of drug-likeness (QED) is 0.142. The van der Waals surface area contributed by atoms with Gasteiger partial charge in [-0.1, -0.05) is 73.1 Å². The van der Waals surface area contributed by atoms with Crippen LogP contribution in [0.1, 0.15) is 5.56 Å². The Morgan fingerprint density at radius 2 is 1.46 bits per heavy atom. The van der Waals surface area contributed by atoms with Crippen molar-refractivity contribution in [3.05, 3.63) is 115 Å². The molecule has 0 atom stereocenters. The Morgan fingerprint density at radius 1 is 0.703 bits per heavy atom. The Hall–Kier alpha value is -3.37. The summed E-state index contributed by atoms with van der Waals surface area (Å²) in [5.74, 6) is 0. The standard InChI is InChI=1S/C20H18NOSi.C12H10N.Ir/c1-23(2,3)14-11-12-18(21-13-14)17-9-6-8-16-15-7-4-5-10-19(15)22-20(16)17;1-10-7-8-12(13-9-10)11-5-3-2-4-6-11;/h4-8,10-13H,1-3H3;2-5,7-9H,1H3;/q2*-1;. The van der Waals surface area contributed by atoms with E-state index in [1.54, 1.807) is 0 Å². The second-order valence-corrected chi connectivity index (χ2v) is 15.0. The van der Waals surface area contributed by atoms with Gasteiger partial charge in [0, 0.05) is 37.9 Å². The first kappa shape index (κ1) is 26.7. The number of aryl methyl sites for hydroxylation is 1. The maximum absolute atomic E-state index is 6.07. The Kier molecular flexibility index (Phi) is 8.18. The van der Waals surface area contributed by atoms with Crippen molar-refractivity contribution in [3.8, 4) is 22.5 Å². The molecule has 0 N–H and O–H groups in total. The molecule has 6 aromatic rings. The summed E-state index contributed by atoms with van der Waals surface area (Å²) in [5.41, 5.74) is 6.81. The third kappa shape index (κ3) is 5.96. The van der Waals surface area contributed by atoms with Gasteiger partial charge in [0.05, 0.1) is 13.7 Å². The van der Waals surface area contributed by atoms with E-state index >= 15 is 0 Å². The van der Waals surface area contributed by atoms with Gasteiger partial charge < -0.3 is 14.4 Å². The topological polar surface area (TPSA) is 38.9 Å². The number of para-hydroxylation sites is 1. The minimum Gasteiger partial charge on any atom is -0.501 e. The number of nitrogens with zero attached hydrogens (tertiary/aromatic N) is 2. The van der Waals surface area contributed by atoms with Crippen LogP contribution in [0.25, 0.3) is 44.5 Å². The number of pyridine rings is 2. The van der Waals surface area contributed by atoms with Gasteiger partial charge in [-0.05, 0) is 35.1 Å². The third-order valence-corrected chi connectivity index (χ3v) is 8.15. The molecule has 3 aromatic carbocycles. The maximum atomic E-state index is 6.07. The number of aromatic nitrogens is 2. The first-order valence-electron chi connectivity index (χ1n) is 12.1. The van der Waals surface area contributed by atoms with Crippen molar-refractivity contribution in [3.63, 3.8) is 0 Å². The minimum absolute atomic E-state index is 0. The molecular weight excluding hydrogens is 649 g/mol. The van der Waals surface area contributed by atoms with Crippen LogP contribution in [0.3, 0.4) is 0 Å². The molecule has 3 heterocycles. The van der Waals surface area contributed by atoms with E-state index in [4.69, 9.17) is 4.42 Å². The van der Waals surface area contributed by atoms with E-state index in [0.717, 1.165) is 44.5 Å². The van der Waals surface area contributed by atoms with Crippen LogP contribution in [0.15, 0.2) is 102 Å². The summed E-state index contributed by atoms with van der Waals surface area (Å²) in [6.07, 6.45) is 3.88. The largest absolute Gasteiger partial charge is 0.501 e. The van der Waals surface area contributed by atoms with Crippen molar-refractivity contribution in [2.45, 2.75) is 26.6 Å². The molecule has 3 aromatic heterocycles. The van der Waals surface area contributed by atoms with Crippen LogP contribution >= 0.6 is 0 Å². The fraction of sp³-hybridized carbons (Fsp3) is 0.125. The Bertz CT molecular complexity index is 1600. The molecule has 1 radical (unpaired) electrons. The van der Waals surface area contributed by atoms with Crippen LogP contribution in [0.5, 0.6) is 0 Å². The number of fused-ring (bicyclic) bond motifs is 3. The zero-order valence-electron chi connectivity index (χ0n) is 21.4. The first-order chi connectivity index (χ1) is 17.4. The second-order valence-electron chi connectivity index (χ2n) is 9.87. The average molecular weight is 677 g/mol. The SMILES string of the molecule is C[Si](C)(C)c1ccc(-c2[c-]ccc3c2oc2ccccc23)nc1.Cc1ccc(-c2[c-]cccc2)nc1.[Ir]. The number of hydrogen-bond donors (Lipinski definition) is 0. The third-order valence-electron chi connectivity index (χ3n) is 6.12. The van der Waals surface area contributed by atoms with E-state index in [1.165, 1.54) is 10.8 Å². The summed E-state index contributed by atoms with van der Waals surface area (Å²) in [5, 5.41) is 3.61. The maximum Gasteiger partial charge on any atom is 0.120 e. The number of furan rings is 1. The van der Waals surface area contributed by atoms with Gasteiger partial charge in [0.2, 0.25) is 0 Å². The van der Waals surface area contributed by atoms with Gasteiger partial charge in [-0.15, -0.1) is 54.1 Å². The zero-order valence-corrected chi connectivity index (χ0v) is 24.8. The van der Waals surface area contributed by atoms with Gasteiger partial charge in [0.25, 0.3) is 0 Å². The van der Waals surface area contributed by atoms with Gasteiger partial charge in [0.15, 0.2) is 0 Å². The number of rotatable bonds is 3. The monoisotopic (exact) mass is 677 g/mol. The van der Waals surface area contributed by atoms with Crippen molar-refractivity contribution in [2.75, 3.05) is 0 Å². The van der Waals surface area contributed by atoms with E-state index in [1.807, 2.05) is 73.9 Å². The van der Waals surface area contributed by atoms with Crippen LogP contribution in [-0.2, 0) is 20.1 Å². The van der Waals surface area contributed by atoms with Gasteiger partial charge in [-0.2, -0.15) is 0 Å². The van der Waals surface area contributed by atoms with Crippen LogP contribution in [-0.4, -0.2) is 18.0 Å². The summed E-state index contributed by atoms with van der Waals surface area (Å²) in [6, 6.07) is 34.8. The summed E-state index contributed by atoms with van der Waals surface area (Å²) in [6.45, 7) is 9.02.